The molecule has 0 bridgehead atoms. The summed E-state index contributed by atoms with van der Waals surface area (Å²) in [5, 5.41) is 3.00. The second-order valence-electron chi connectivity index (χ2n) is 5.19. The van der Waals surface area contributed by atoms with E-state index in [2.05, 4.69) is 17.1 Å². The highest BCUT2D eigenvalue weighted by Crippen LogP contribution is 2.14. The molecular formula is C14H29N3O2. The van der Waals surface area contributed by atoms with Crippen molar-refractivity contribution in [1.82, 2.24) is 10.2 Å². The molecule has 112 valence electrons. The molecule has 0 aromatic rings. The van der Waals surface area contributed by atoms with E-state index in [0.29, 0.717) is 12.3 Å². The van der Waals surface area contributed by atoms with Crippen molar-refractivity contribution < 1.29 is 9.53 Å². The fourth-order valence-corrected chi connectivity index (χ4v) is 2.39. The topological polar surface area (TPSA) is 67.6 Å². The van der Waals surface area contributed by atoms with Crippen molar-refractivity contribution in [3.8, 4) is 0 Å². The lowest BCUT2D eigenvalue weighted by molar-refractivity contribution is -0.121. The van der Waals surface area contributed by atoms with Gasteiger partial charge in [-0.15, -0.1) is 0 Å². The van der Waals surface area contributed by atoms with Crippen LogP contribution in [-0.2, 0) is 9.53 Å². The molecule has 0 aromatic carbocycles. The van der Waals surface area contributed by atoms with Crippen LogP contribution in [0.1, 0.15) is 32.6 Å². The number of rotatable bonds is 9. The van der Waals surface area contributed by atoms with E-state index in [1.807, 2.05) is 0 Å². The van der Waals surface area contributed by atoms with Gasteiger partial charge in [0.1, 0.15) is 0 Å². The quantitative estimate of drug-likeness (QED) is 0.644. The maximum absolute atomic E-state index is 11.7. The van der Waals surface area contributed by atoms with Crippen molar-refractivity contribution in [2.24, 2.45) is 11.7 Å². The Balaban J connectivity index is 2.03. The summed E-state index contributed by atoms with van der Waals surface area (Å²) in [6.07, 6.45) is 3.72. The lowest BCUT2D eigenvalue weighted by Gasteiger charge is -2.26. The highest BCUT2D eigenvalue weighted by Gasteiger charge is 2.11. The van der Waals surface area contributed by atoms with Gasteiger partial charge in [-0.1, -0.05) is 13.3 Å². The van der Waals surface area contributed by atoms with Crippen molar-refractivity contribution in [2.75, 3.05) is 45.9 Å². The van der Waals surface area contributed by atoms with Crippen LogP contribution in [0.5, 0.6) is 0 Å². The third-order valence-electron chi connectivity index (χ3n) is 3.79. The second kappa shape index (κ2) is 10.2. The molecule has 3 N–H and O–H groups in total. The third-order valence-corrected chi connectivity index (χ3v) is 3.79. The molecule has 1 saturated heterocycles. The number of nitrogens with zero attached hydrogens (tertiary/aromatic N) is 1. The fraction of sp³-hybridized carbons (Fsp3) is 0.929. The van der Waals surface area contributed by atoms with Crippen molar-refractivity contribution in [2.45, 2.75) is 32.6 Å². The van der Waals surface area contributed by atoms with Crippen LogP contribution in [0.15, 0.2) is 0 Å². The Hall–Kier alpha value is -0.650. The molecule has 1 rings (SSSR count). The molecule has 0 radical (unpaired) electrons. The summed E-state index contributed by atoms with van der Waals surface area (Å²) in [6, 6.07) is 0. The first-order chi connectivity index (χ1) is 9.26. The van der Waals surface area contributed by atoms with Gasteiger partial charge >= 0.3 is 0 Å². The van der Waals surface area contributed by atoms with Crippen molar-refractivity contribution in [3.63, 3.8) is 0 Å². The lowest BCUT2D eigenvalue weighted by atomic mass is 9.96. The first kappa shape index (κ1) is 16.4. The molecule has 5 heteroatoms. The number of amides is 1. The number of carbonyl (C=O) groups is 1. The minimum absolute atomic E-state index is 0.170. The number of hydrogen-bond acceptors (Lipinski definition) is 4. The first-order valence-corrected chi connectivity index (χ1v) is 7.53. The summed E-state index contributed by atoms with van der Waals surface area (Å²) in [5.41, 5.74) is 5.56. The Morgan fingerprint density at radius 2 is 2.11 bits per heavy atom. The van der Waals surface area contributed by atoms with E-state index in [1.165, 1.54) is 0 Å². The number of morpholine rings is 1. The first-order valence-electron chi connectivity index (χ1n) is 7.53. The standard InChI is InChI=1S/C14H29N3O2/c1-2-13(5-6-15)3-4-14(18)16-7-8-17-9-11-19-12-10-17/h13H,2-12,15H2,1H3,(H,16,18). The molecule has 1 unspecified atom stereocenters. The fourth-order valence-electron chi connectivity index (χ4n) is 2.39. The molecule has 1 aliphatic rings. The Labute approximate surface area is 116 Å². The van der Waals surface area contributed by atoms with Gasteiger partial charge in [0.25, 0.3) is 0 Å². The maximum atomic E-state index is 11.7. The normalized spacial score (nSPS) is 18.2. The zero-order chi connectivity index (χ0) is 13.9. The summed E-state index contributed by atoms with van der Waals surface area (Å²) in [7, 11) is 0. The monoisotopic (exact) mass is 271 g/mol. The van der Waals surface area contributed by atoms with E-state index in [0.717, 1.165) is 65.2 Å². The Morgan fingerprint density at radius 3 is 2.74 bits per heavy atom. The van der Waals surface area contributed by atoms with Crippen LogP contribution in [0.2, 0.25) is 0 Å². The molecule has 5 nitrogen and oxygen atoms in total. The van der Waals surface area contributed by atoms with Gasteiger partial charge < -0.3 is 15.8 Å². The summed E-state index contributed by atoms with van der Waals surface area (Å²) >= 11 is 0. The molecule has 1 amide bonds. The predicted molar refractivity (Wildman–Crippen MR) is 77.0 cm³/mol. The van der Waals surface area contributed by atoms with Gasteiger partial charge in [0.05, 0.1) is 13.2 Å². The summed E-state index contributed by atoms with van der Waals surface area (Å²) < 4.78 is 5.29. The predicted octanol–water partition coefficient (Wildman–Crippen LogP) is 0.590. The van der Waals surface area contributed by atoms with Gasteiger partial charge in [-0.05, 0) is 25.3 Å². The van der Waals surface area contributed by atoms with Crippen LogP contribution in [-0.4, -0.2) is 56.7 Å². The molecule has 1 aliphatic heterocycles. The van der Waals surface area contributed by atoms with Gasteiger partial charge in [0, 0.05) is 32.6 Å². The summed E-state index contributed by atoms with van der Waals surface area (Å²) in [4.78, 5) is 14.1. The highest BCUT2D eigenvalue weighted by molar-refractivity contribution is 5.75. The largest absolute Gasteiger partial charge is 0.379 e. The SMILES string of the molecule is CCC(CCN)CCC(=O)NCCN1CCOCC1. The Morgan fingerprint density at radius 1 is 1.37 bits per heavy atom. The molecule has 0 saturated carbocycles. The van der Waals surface area contributed by atoms with Gasteiger partial charge in [0.2, 0.25) is 5.91 Å². The van der Waals surface area contributed by atoms with Gasteiger partial charge in [0.15, 0.2) is 0 Å². The molecule has 19 heavy (non-hydrogen) atoms. The number of ether oxygens (including phenoxy) is 1. The van der Waals surface area contributed by atoms with Crippen molar-refractivity contribution in [3.05, 3.63) is 0 Å². The van der Waals surface area contributed by atoms with Crippen molar-refractivity contribution >= 4 is 5.91 Å². The van der Waals surface area contributed by atoms with Crippen LogP contribution in [0.25, 0.3) is 0 Å². The smallest absolute Gasteiger partial charge is 0.220 e. The average molecular weight is 271 g/mol. The minimum Gasteiger partial charge on any atom is -0.379 e. The number of hydrogen-bond donors (Lipinski definition) is 2. The van der Waals surface area contributed by atoms with Crippen LogP contribution < -0.4 is 11.1 Å². The van der Waals surface area contributed by atoms with Gasteiger partial charge in [-0.2, -0.15) is 0 Å². The Bertz CT molecular complexity index is 243. The lowest BCUT2D eigenvalue weighted by Crippen LogP contribution is -2.41. The number of nitrogens with two attached hydrogens (primary N) is 1. The van der Waals surface area contributed by atoms with E-state index in [1.54, 1.807) is 0 Å². The molecule has 0 aliphatic carbocycles. The third kappa shape index (κ3) is 7.50. The Kier molecular flexibility index (Phi) is 8.79. The highest BCUT2D eigenvalue weighted by atomic mass is 16.5. The minimum atomic E-state index is 0.170. The zero-order valence-electron chi connectivity index (χ0n) is 12.2. The number of carbonyl (C=O) groups excluding carboxylic acids is 1. The van der Waals surface area contributed by atoms with Crippen LogP contribution in [0.3, 0.4) is 0 Å². The van der Waals surface area contributed by atoms with Crippen molar-refractivity contribution in [1.29, 1.82) is 0 Å². The second-order valence-corrected chi connectivity index (χ2v) is 5.19. The van der Waals surface area contributed by atoms with E-state index < -0.39 is 0 Å². The molecule has 0 spiro atoms. The average Bonchev–Trinajstić information content (AvgIpc) is 2.44. The summed E-state index contributed by atoms with van der Waals surface area (Å²) in [6.45, 7) is 8.13. The van der Waals surface area contributed by atoms with Crippen LogP contribution in [0.4, 0.5) is 0 Å². The summed E-state index contributed by atoms with van der Waals surface area (Å²) in [5.74, 6) is 0.763. The number of nitrogens with one attached hydrogen (secondary N) is 1. The molecular weight excluding hydrogens is 242 g/mol. The van der Waals surface area contributed by atoms with Crippen LogP contribution in [0, 0.1) is 5.92 Å². The molecule has 1 heterocycles. The zero-order valence-corrected chi connectivity index (χ0v) is 12.2. The molecule has 1 atom stereocenters. The van der Waals surface area contributed by atoms with Crippen LogP contribution >= 0.6 is 0 Å². The molecule has 0 aromatic heterocycles. The maximum Gasteiger partial charge on any atom is 0.220 e. The van der Waals surface area contributed by atoms with Gasteiger partial charge in [-0.3, -0.25) is 9.69 Å². The van der Waals surface area contributed by atoms with E-state index in [9.17, 15) is 4.79 Å². The van der Waals surface area contributed by atoms with E-state index >= 15 is 0 Å². The molecule has 1 fully saturated rings. The van der Waals surface area contributed by atoms with E-state index in [4.69, 9.17) is 10.5 Å². The van der Waals surface area contributed by atoms with Gasteiger partial charge in [-0.25, -0.2) is 0 Å². The van der Waals surface area contributed by atoms with E-state index in [-0.39, 0.29) is 5.91 Å².